The molecule has 1 aliphatic carbocycles. The van der Waals surface area contributed by atoms with Gasteiger partial charge in [0.15, 0.2) is 0 Å². The van der Waals surface area contributed by atoms with Gasteiger partial charge in [0.1, 0.15) is 0 Å². The van der Waals surface area contributed by atoms with E-state index in [1.165, 1.54) is 6.08 Å². The fourth-order valence-corrected chi connectivity index (χ4v) is 2.87. The van der Waals surface area contributed by atoms with E-state index in [0.717, 1.165) is 11.3 Å². The minimum Gasteiger partial charge on any atom is -0.396 e. The molecule has 1 aromatic rings. The van der Waals surface area contributed by atoms with E-state index in [-0.39, 0.29) is 24.5 Å². The van der Waals surface area contributed by atoms with Crippen LogP contribution in [0.25, 0.3) is 0 Å². The Labute approximate surface area is 111 Å². The molecule has 0 radical (unpaired) electrons. The molecule has 0 aromatic carbocycles. The van der Waals surface area contributed by atoms with Crippen LogP contribution in [0.2, 0.25) is 0 Å². The summed E-state index contributed by atoms with van der Waals surface area (Å²) >= 11 is 1.64. The van der Waals surface area contributed by atoms with Gasteiger partial charge in [-0.25, -0.2) is 0 Å². The SMILES string of the molecule is C=CC(=O)N(Cc1cccs1)[C@@H]1C=C[C@H](CO)C1. The zero-order chi connectivity index (χ0) is 13.0. The van der Waals surface area contributed by atoms with Gasteiger partial charge in [-0.1, -0.05) is 24.8 Å². The average molecular weight is 263 g/mol. The largest absolute Gasteiger partial charge is 0.396 e. The van der Waals surface area contributed by atoms with Crippen molar-refractivity contribution in [2.75, 3.05) is 6.61 Å². The van der Waals surface area contributed by atoms with Crippen LogP contribution in [0.3, 0.4) is 0 Å². The van der Waals surface area contributed by atoms with E-state index in [0.29, 0.717) is 6.54 Å². The molecule has 96 valence electrons. The maximum absolute atomic E-state index is 11.9. The Kier molecular flexibility index (Phi) is 4.33. The summed E-state index contributed by atoms with van der Waals surface area (Å²) in [5.74, 6) is 0.107. The third-order valence-electron chi connectivity index (χ3n) is 3.15. The second-order valence-corrected chi connectivity index (χ2v) is 5.41. The van der Waals surface area contributed by atoms with Gasteiger partial charge in [-0.2, -0.15) is 0 Å². The van der Waals surface area contributed by atoms with E-state index in [4.69, 9.17) is 5.11 Å². The summed E-state index contributed by atoms with van der Waals surface area (Å²) in [7, 11) is 0. The monoisotopic (exact) mass is 263 g/mol. The van der Waals surface area contributed by atoms with E-state index in [9.17, 15) is 4.79 Å². The number of aliphatic hydroxyl groups excluding tert-OH is 1. The first kappa shape index (κ1) is 13.1. The first-order chi connectivity index (χ1) is 8.74. The summed E-state index contributed by atoms with van der Waals surface area (Å²) in [5, 5.41) is 11.2. The summed E-state index contributed by atoms with van der Waals surface area (Å²) in [5.41, 5.74) is 0. The number of hydrogen-bond donors (Lipinski definition) is 1. The average Bonchev–Trinajstić information content (AvgIpc) is 3.05. The summed E-state index contributed by atoms with van der Waals surface area (Å²) in [6.07, 6.45) is 6.15. The van der Waals surface area contributed by atoms with Crippen LogP contribution in [0.15, 0.2) is 42.3 Å². The topological polar surface area (TPSA) is 40.5 Å². The molecule has 0 aliphatic heterocycles. The van der Waals surface area contributed by atoms with Crippen molar-refractivity contribution < 1.29 is 9.90 Å². The fourth-order valence-electron chi connectivity index (χ4n) is 2.17. The van der Waals surface area contributed by atoms with Crippen molar-refractivity contribution in [3.8, 4) is 0 Å². The molecule has 0 spiro atoms. The number of aliphatic hydroxyl groups is 1. The highest BCUT2D eigenvalue weighted by molar-refractivity contribution is 7.09. The van der Waals surface area contributed by atoms with Gasteiger partial charge in [-0.3, -0.25) is 4.79 Å². The molecule has 1 heterocycles. The standard InChI is InChI=1S/C14H17NO2S/c1-2-14(17)15(9-13-4-3-7-18-13)12-6-5-11(8-12)10-16/h2-7,11-12,16H,1,8-10H2/t11-,12+/m0/s1. The molecular formula is C14H17NO2S. The Morgan fingerprint density at radius 3 is 3.00 bits per heavy atom. The number of amides is 1. The second kappa shape index (κ2) is 5.98. The molecule has 1 aliphatic rings. The van der Waals surface area contributed by atoms with Crippen molar-refractivity contribution >= 4 is 17.2 Å². The van der Waals surface area contributed by atoms with Crippen LogP contribution in [-0.2, 0) is 11.3 Å². The molecule has 2 rings (SSSR count). The van der Waals surface area contributed by atoms with Gasteiger partial charge in [0.2, 0.25) is 5.91 Å². The van der Waals surface area contributed by atoms with Gasteiger partial charge in [-0.15, -0.1) is 11.3 Å². The minimum atomic E-state index is -0.0587. The Hall–Kier alpha value is -1.39. The van der Waals surface area contributed by atoms with Crippen molar-refractivity contribution in [3.05, 3.63) is 47.2 Å². The Balaban J connectivity index is 2.09. The van der Waals surface area contributed by atoms with Crippen LogP contribution in [-0.4, -0.2) is 28.6 Å². The minimum absolute atomic E-state index is 0.0587. The molecular weight excluding hydrogens is 246 g/mol. The fraction of sp³-hybridized carbons (Fsp3) is 0.357. The highest BCUT2D eigenvalue weighted by atomic mass is 32.1. The van der Waals surface area contributed by atoms with E-state index >= 15 is 0 Å². The number of hydrogen-bond acceptors (Lipinski definition) is 3. The van der Waals surface area contributed by atoms with Crippen molar-refractivity contribution in [3.63, 3.8) is 0 Å². The molecule has 18 heavy (non-hydrogen) atoms. The predicted octanol–water partition coefficient (Wildman–Crippen LogP) is 2.20. The third-order valence-corrected chi connectivity index (χ3v) is 4.01. The molecule has 1 aromatic heterocycles. The van der Waals surface area contributed by atoms with Gasteiger partial charge >= 0.3 is 0 Å². The lowest BCUT2D eigenvalue weighted by molar-refractivity contribution is -0.128. The predicted molar refractivity (Wildman–Crippen MR) is 73.2 cm³/mol. The van der Waals surface area contributed by atoms with Crippen molar-refractivity contribution in [2.24, 2.45) is 5.92 Å². The summed E-state index contributed by atoms with van der Waals surface area (Å²) < 4.78 is 0. The maximum atomic E-state index is 11.9. The normalized spacial score (nSPS) is 22.1. The van der Waals surface area contributed by atoms with Crippen LogP contribution in [0.1, 0.15) is 11.3 Å². The van der Waals surface area contributed by atoms with Crippen molar-refractivity contribution in [1.82, 2.24) is 4.90 Å². The summed E-state index contributed by atoms with van der Waals surface area (Å²) in [4.78, 5) is 14.9. The number of nitrogens with zero attached hydrogens (tertiary/aromatic N) is 1. The number of carbonyl (C=O) groups is 1. The van der Waals surface area contributed by atoms with Crippen LogP contribution in [0.5, 0.6) is 0 Å². The molecule has 0 fully saturated rings. The highest BCUT2D eigenvalue weighted by Gasteiger charge is 2.26. The van der Waals surface area contributed by atoms with Crippen LogP contribution in [0.4, 0.5) is 0 Å². The third kappa shape index (κ3) is 2.89. The molecule has 0 saturated heterocycles. The zero-order valence-electron chi connectivity index (χ0n) is 10.2. The zero-order valence-corrected chi connectivity index (χ0v) is 11.0. The van der Waals surface area contributed by atoms with Gasteiger partial charge in [0.05, 0.1) is 12.6 Å². The Bertz CT molecular complexity index is 439. The maximum Gasteiger partial charge on any atom is 0.246 e. The van der Waals surface area contributed by atoms with Gasteiger partial charge in [0.25, 0.3) is 0 Å². The molecule has 3 nitrogen and oxygen atoms in total. The number of carbonyl (C=O) groups excluding carboxylic acids is 1. The molecule has 2 atom stereocenters. The Morgan fingerprint density at radius 2 is 2.44 bits per heavy atom. The first-order valence-corrected chi connectivity index (χ1v) is 6.87. The lowest BCUT2D eigenvalue weighted by Gasteiger charge is -2.27. The van der Waals surface area contributed by atoms with Crippen molar-refractivity contribution in [2.45, 2.75) is 19.0 Å². The van der Waals surface area contributed by atoms with Gasteiger partial charge in [0, 0.05) is 17.4 Å². The van der Waals surface area contributed by atoms with Crippen molar-refractivity contribution in [1.29, 1.82) is 0 Å². The second-order valence-electron chi connectivity index (χ2n) is 4.38. The Morgan fingerprint density at radius 1 is 1.61 bits per heavy atom. The van der Waals surface area contributed by atoms with Gasteiger partial charge < -0.3 is 10.0 Å². The van der Waals surface area contributed by atoms with E-state index in [2.05, 4.69) is 6.58 Å². The lowest BCUT2D eigenvalue weighted by Crippen LogP contribution is -2.37. The quantitative estimate of drug-likeness (QED) is 0.653. The number of rotatable bonds is 5. The molecule has 0 saturated carbocycles. The molecule has 4 heteroatoms. The van der Waals surface area contributed by atoms with Crippen LogP contribution < -0.4 is 0 Å². The van der Waals surface area contributed by atoms with Crippen LogP contribution >= 0.6 is 11.3 Å². The smallest absolute Gasteiger partial charge is 0.246 e. The first-order valence-electron chi connectivity index (χ1n) is 5.99. The summed E-state index contributed by atoms with van der Waals surface area (Å²) in [6, 6.07) is 4.07. The van der Waals surface area contributed by atoms with E-state index in [1.54, 1.807) is 11.3 Å². The highest BCUT2D eigenvalue weighted by Crippen LogP contribution is 2.24. The molecule has 1 N–H and O–H groups in total. The number of thiophene rings is 1. The lowest BCUT2D eigenvalue weighted by atomic mass is 10.1. The van der Waals surface area contributed by atoms with E-state index in [1.807, 2.05) is 34.6 Å². The molecule has 0 unspecified atom stereocenters. The summed E-state index contributed by atoms with van der Waals surface area (Å²) in [6.45, 7) is 4.31. The van der Waals surface area contributed by atoms with Gasteiger partial charge in [-0.05, 0) is 23.9 Å². The molecule has 0 bridgehead atoms. The van der Waals surface area contributed by atoms with Crippen LogP contribution in [0, 0.1) is 5.92 Å². The van der Waals surface area contributed by atoms with E-state index < -0.39 is 0 Å². The molecule has 1 amide bonds.